The number of carbonyl (C=O) groups is 1. The number of para-hydroxylation sites is 1. The summed E-state index contributed by atoms with van der Waals surface area (Å²) in [6, 6.07) is 5.27. The molecule has 2 rings (SSSR count). The van der Waals surface area contributed by atoms with Gasteiger partial charge in [-0.15, -0.1) is 0 Å². The van der Waals surface area contributed by atoms with E-state index < -0.39 is 6.10 Å². The fourth-order valence-electron chi connectivity index (χ4n) is 1.19. The third kappa shape index (κ3) is 1.35. The van der Waals surface area contributed by atoms with Crippen LogP contribution < -0.4 is 10.1 Å². The van der Waals surface area contributed by atoms with E-state index in [1.807, 2.05) is 0 Å². The minimum Gasteiger partial charge on any atom is -0.479 e. The molecule has 1 amide bonds. The smallest absolute Gasteiger partial charge is 0.265 e. The summed E-state index contributed by atoms with van der Waals surface area (Å²) in [6.07, 6.45) is -0.453. The van der Waals surface area contributed by atoms with Crippen LogP contribution in [0, 0.1) is 0 Å². The molecule has 3 nitrogen and oxygen atoms in total. The second kappa shape index (κ2) is 2.92. The monoisotopic (exact) mass is 197 g/mol. The molecule has 13 heavy (non-hydrogen) atoms. The van der Waals surface area contributed by atoms with Gasteiger partial charge in [-0.05, 0) is 19.1 Å². The van der Waals surface area contributed by atoms with Crippen molar-refractivity contribution < 1.29 is 9.53 Å². The normalized spacial score (nSPS) is 20.2. The molecule has 0 saturated heterocycles. The zero-order valence-corrected chi connectivity index (χ0v) is 7.76. The first-order chi connectivity index (χ1) is 6.18. The van der Waals surface area contributed by atoms with E-state index in [9.17, 15) is 4.79 Å². The lowest BCUT2D eigenvalue weighted by molar-refractivity contribution is -0.122. The summed E-state index contributed by atoms with van der Waals surface area (Å²) >= 11 is 5.86. The van der Waals surface area contributed by atoms with Gasteiger partial charge in [-0.3, -0.25) is 4.79 Å². The summed E-state index contributed by atoms with van der Waals surface area (Å²) in [7, 11) is 0. The molecule has 0 fully saturated rings. The molecule has 0 radical (unpaired) electrons. The third-order valence-corrected chi connectivity index (χ3v) is 2.21. The quantitative estimate of drug-likeness (QED) is 0.692. The molecule has 1 aliphatic heterocycles. The van der Waals surface area contributed by atoms with Gasteiger partial charge in [0.1, 0.15) is 11.4 Å². The van der Waals surface area contributed by atoms with E-state index in [2.05, 4.69) is 5.32 Å². The lowest BCUT2D eigenvalue weighted by Crippen LogP contribution is -2.34. The number of ether oxygens (including phenoxy) is 1. The Balaban J connectivity index is 2.48. The number of benzene rings is 1. The molecule has 0 aliphatic carbocycles. The zero-order chi connectivity index (χ0) is 9.42. The van der Waals surface area contributed by atoms with Crippen molar-refractivity contribution in [1.82, 2.24) is 0 Å². The lowest BCUT2D eigenvalue weighted by Gasteiger charge is -2.23. The highest BCUT2D eigenvalue weighted by molar-refractivity contribution is 6.34. The average molecular weight is 198 g/mol. The van der Waals surface area contributed by atoms with Crippen molar-refractivity contribution in [3.63, 3.8) is 0 Å². The van der Waals surface area contributed by atoms with Gasteiger partial charge in [-0.1, -0.05) is 17.7 Å². The number of fused-ring (bicyclic) bond motifs is 1. The van der Waals surface area contributed by atoms with Crippen LogP contribution >= 0.6 is 11.6 Å². The Bertz CT molecular complexity index is 365. The first kappa shape index (κ1) is 8.38. The first-order valence-corrected chi connectivity index (χ1v) is 4.32. The molecule has 0 bridgehead atoms. The molecule has 1 heterocycles. The SMILES string of the molecule is CC1Oc2cccc(Cl)c2NC1=O. The highest BCUT2D eigenvalue weighted by atomic mass is 35.5. The van der Waals surface area contributed by atoms with Gasteiger partial charge >= 0.3 is 0 Å². The van der Waals surface area contributed by atoms with E-state index in [0.29, 0.717) is 16.5 Å². The average Bonchev–Trinajstić information content (AvgIpc) is 2.09. The fraction of sp³-hybridized carbons (Fsp3) is 0.222. The number of hydrogen-bond donors (Lipinski definition) is 1. The molecule has 4 heteroatoms. The van der Waals surface area contributed by atoms with E-state index in [-0.39, 0.29) is 5.91 Å². The maximum atomic E-state index is 11.2. The van der Waals surface area contributed by atoms with Crippen LogP contribution in [0.1, 0.15) is 6.92 Å². The van der Waals surface area contributed by atoms with Crippen LogP contribution in [0.3, 0.4) is 0 Å². The van der Waals surface area contributed by atoms with E-state index in [0.717, 1.165) is 0 Å². The Labute approximate surface area is 80.6 Å². The van der Waals surface area contributed by atoms with Crippen LogP contribution in [-0.4, -0.2) is 12.0 Å². The topological polar surface area (TPSA) is 38.3 Å². The molecule has 0 saturated carbocycles. The number of carbonyl (C=O) groups excluding carboxylic acids is 1. The Kier molecular flexibility index (Phi) is 1.88. The number of rotatable bonds is 0. The molecular formula is C9H8ClNO2. The molecule has 1 aliphatic rings. The van der Waals surface area contributed by atoms with Gasteiger partial charge in [0.25, 0.3) is 5.91 Å². The van der Waals surface area contributed by atoms with Crippen molar-refractivity contribution >= 4 is 23.2 Å². The van der Waals surface area contributed by atoms with E-state index in [1.54, 1.807) is 25.1 Å². The van der Waals surface area contributed by atoms with Gasteiger partial charge in [0.15, 0.2) is 6.10 Å². The Morgan fingerprint density at radius 3 is 3.08 bits per heavy atom. The van der Waals surface area contributed by atoms with Gasteiger partial charge in [0, 0.05) is 0 Å². The summed E-state index contributed by atoms with van der Waals surface area (Å²) < 4.78 is 5.33. The van der Waals surface area contributed by atoms with E-state index in [1.165, 1.54) is 0 Å². The minimum absolute atomic E-state index is 0.166. The van der Waals surface area contributed by atoms with Crippen molar-refractivity contribution in [3.8, 4) is 5.75 Å². The van der Waals surface area contributed by atoms with Gasteiger partial charge in [0.05, 0.1) is 5.02 Å². The molecule has 68 valence electrons. The molecule has 0 aromatic heterocycles. The fourth-order valence-corrected chi connectivity index (χ4v) is 1.41. The van der Waals surface area contributed by atoms with Crippen molar-refractivity contribution in [2.45, 2.75) is 13.0 Å². The molecule has 1 atom stereocenters. The number of amides is 1. The lowest BCUT2D eigenvalue weighted by atomic mass is 10.2. The summed E-state index contributed by atoms with van der Waals surface area (Å²) in [4.78, 5) is 11.2. The number of halogens is 1. The molecular weight excluding hydrogens is 190 g/mol. The maximum Gasteiger partial charge on any atom is 0.265 e. The van der Waals surface area contributed by atoms with Gasteiger partial charge in [-0.2, -0.15) is 0 Å². The highest BCUT2D eigenvalue weighted by Crippen LogP contribution is 2.35. The largest absolute Gasteiger partial charge is 0.479 e. The van der Waals surface area contributed by atoms with Gasteiger partial charge in [0.2, 0.25) is 0 Å². The van der Waals surface area contributed by atoms with Gasteiger partial charge in [-0.25, -0.2) is 0 Å². The summed E-state index contributed by atoms with van der Waals surface area (Å²) in [6.45, 7) is 1.69. The molecule has 0 spiro atoms. The van der Waals surface area contributed by atoms with Crippen molar-refractivity contribution in [2.24, 2.45) is 0 Å². The zero-order valence-electron chi connectivity index (χ0n) is 7.00. The third-order valence-electron chi connectivity index (χ3n) is 1.90. The Morgan fingerprint density at radius 2 is 2.31 bits per heavy atom. The first-order valence-electron chi connectivity index (χ1n) is 3.94. The van der Waals surface area contributed by atoms with Gasteiger partial charge < -0.3 is 10.1 Å². The molecule has 1 aromatic carbocycles. The van der Waals surface area contributed by atoms with Crippen LogP contribution in [0.15, 0.2) is 18.2 Å². The predicted molar refractivity (Wildman–Crippen MR) is 50.2 cm³/mol. The number of hydrogen-bond acceptors (Lipinski definition) is 2. The van der Waals surface area contributed by atoms with E-state index >= 15 is 0 Å². The maximum absolute atomic E-state index is 11.2. The van der Waals surface area contributed by atoms with Crippen molar-refractivity contribution in [3.05, 3.63) is 23.2 Å². The summed E-state index contributed by atoms with van der Waals surface area (Å²) in [5.41, 5.74) is 0.562. The second-order valence-corrected chi connectivity index (χ2v) is 3.27. The van der Waals surface area contributed by atoms with E-state index in [4.69, 9.17) is 16.3 Å². The minimum atomic E-state index is -0.453. The Morgan fingerprint density at radius 1 is 1.54 bits per heavy atom. The number of nitrogens with one attached hydrogen (secondary N) is 1. The van der Waals surface area contributed by atoms with Crippen molar-refractivity contribution in [1.29, 1.82) is 0 Å². The van der Waals surface area contributed by atoms with Crippen LogP contribution in [0.5, 0.6) is 5.75 Å². The Hall–Kier alpha value is -1.22. The molecule has 1 aromatic rings. The van der Waals surface area contributed by atoms with Crippen LogP contribution in [0.2, 0.25) is 5.02 Å². The number of anilines is 1. The molecule has 1 N–H and O–H groups in total. The van der Waals surface area contributed by atoms with Crippen LogP contribution in [-0.2, 0) is 4.79 Å². The predicted octanol–water partition coefficient (Wildman–Crippen LogP) is 2.06. The molecule has 1 unspecified atom stereocenters. The summed E-state index contributed by atoms with van der Waals surface area (Å²) in [5, 5.41) is 3.18. The van der Waals surface area contributed by atoms with Crippen molar-refractivity contribution in [2.75, 3.05) is 5.32 Å². The van der Waals surface area contributed by atoms with Crippen LogP contribution in [0.25, 0.3) is 0 Å². The second-order valence-electron chi connectivity index (χ2n) is 2.86. The highest BCUT2D eigenvalue weighted by Gasteiger charge is 2.24. The van der Waals surface area contributed by atoms with Crippen LogP contribution in [0.4, 0.5) is 5.69 Å². The summed E-state index contributed by atoms with van der Waals surface area (Å²) in [5.74, 6) is 0.459. The standard InChI is InChI=1S/C9H8ClNO2/c1-5-9(12)11-8-6(10)3-2-4-7(8)13-5/h2-5H,1H3,(H,11,12).